The zero-order chi connectivity index (χ0) is 28.6. The van der Waals surface area contributed by atoms with Gasteiger partial charge >= 0.3 is 17.9 Å². The Hall–Kier alpha value is -4.23. The molecule has 0 bridgehead atoms. The Labute approximate surface area is 227 Å². The summed E-state index contributed by atoms with van der Waals surface area (Å²) in [5, 5.41) is 41.5. The maximum Gasteiger partial charge on any atom is 0.339 e. The molecule has 5 rings (SSSR count). The summed E-state index contributed by atoms with van der Waals surface area (Å²) in [5.41, 5.74) is 2.43. The minimum absolute atomic E-state index is 0.00550. The number of aliphatic hydroxyl groups is 3. The summed E-state index contributed by atoms with van der Waals surface area (Å²) in [5.74, 6) is -2.70. The fourth-order valence-corrected chi connectivity index (χ4v) is 4.84. The van der Waals surface area contributed by atoms with E-state index in [0.29, 0.717) is 27.5 Å². The van der Waals surface area contributed by atoms with E-state index in [1.165, 1.54) is 7.11 Å². The summed E-state index contributed by atoms with van der Waals surface area (Å²) < 4.78 is 27.6. The van der Waals surface area contributed by atoms with Crippen molar-refractivity contribution in [2.24, 2.45) is 0 Å². The Morgan fingerprint density at radius 2 is 1.70 bits per heavy atom. The van der Waals surface area contributed by atoms with E-state index in [0.717, 1.165) is 5.56 Å². The van der Waals surface area contributed by atoms with E-state index >= 15 is 0 Å². The standard InChI is InChI=1S/C28H26O12/c1-36-17-9-14-11-38-27(35)16-8-7-15(13-5-3-2-4-6-13)22(21(14)16)26(17)40-28-25(34)24(33)23(32)18(39-28)12-37-20(31)10-19(29)30/h2-9,18,23-25,28,32-34H,10-12H2,1H3,(H,29,30). The lowest BCUT2D eigenvalue weighted by Crippen LogP contribution is -2.60. The van der Waals surface area contributed by atoms with E-state index in [4.69, 9.17) is 28.8 Å². The molecular formula is C28H26O12. The second-order valence-electron chi connectivity index (χ2n) is 9.31. The molecule has 2 aliphatic rings. The fourth-order valence-electron chi connectivity index (χ4n) is 4.84. The van der Waals surface area contributed by atoms with Gasteiger partial charge in [-0.15, -0.1) is 0 Å². The van der Waals surface area contributed by atoms with Crippen molar-refractivity contribution in [2.45, 2.75) is 43.7 Å². The number of cyclic esters (lactones) is 1. The fraction of sp³-hybridized carbons (Fsp3) is 0.321. The molecule has 12 heteroatoms. The predicted molar refractivity (Wildman–Crippen MR) is 136 cm³/mol. The Morgan fingerprint density at radius 1 is 0.975 bits per heavy atom. The molecule has 2 aliphatic heterocycles. The van der Waals surface area contributed by atoms with Gasteiger partial charge in [-0.2, -0.15) is 0 Å². The van der Waals surface area contributed by atoms with Crippen LogP contribution in [0.5, 0.6) is 11.5 Å². The largest absolute Gasteiger partial charge is 0.493 e. The normalized spacial score (nSPS) is 23.8. The van der Waals surface area contributed by atoms with Crippen LogP contribution in [0.25, 0.3) is 21.9 Å². The number of carboxylic acid groups (broad SMARTS) is 1. The zero-order valence-electron chi connectivity index (χ0n) is 21.2. The van der Waals surface area contributed by atoms with E-state index in [1.807, 2.05) is 30.3 Å². The minimum atomic E-state index is -1.77. The molecule has 1 fully saturated rings. The maximum atomic E-state index is 12.6. The molecule has 0 spiro atoms. The van der Waals surface area contributed by atoms with Crippen molar-refractivity contribution < 1.29 is 58.5 Å². The number of methoxy groups -OCH3 is 1. The monoisotopic (exact) mass is 554 g/mol. The molecule has 0 amide bonds. The van der Waals surface area contributed by atoms with Crippen LogP contribution in [0, 0.1) is 0 Å². The van der Waals surface area contributed by atoms with Gasteiger partial charge in [-0.05, 0) is 23.3 Å². The third kappa shape index (κ3) is 5.05. The van der Waals surface area contributed by atoms with E-state index < -0.39 is 61.6 Å². The van der Waals surface area contributed by atoms with Gasteiger partial charge in [0.25, 0.3) is 0 Å². The summed E-state index contributed by atoms with van der Waals surface area (Å²) in [4.78, 5) is 35.1. The highest BCUT2D eigenvalue weighted by molar-refractivity contribution is 6.14. The number of benzene rings is 3. The third-order valence-corrected chi connectivity index (χ3v) is 6.77. The van der Waals surface area contributed by atoms with Crippen molar-refractivity contribution in [1.29, 1.82) is 0 Å². The van der Waals surface area contributed by atoms with Crippen molar-refractivity contribution in [2.75, 3.05) is 13.7 Å². The van der Waals surface area contributed by atoms with E-state index in [1.54, 1.807) is 18.2 Å². The van der Waals surface area contributed by atoms with Gasteiger partial charge < -0.3 is 44.1 Å². The lowest BCUT2D eigenvalue weighted by Gasteiger charge is -2.40. The van der Waals surface area contributed by atoms with Crippen LogP contribution in [0.4, 0.5) is 0 Å². The Kier molecular flexibility index (Phi) is 7.59. The SMILES string of the molecule is COc1cc2c3c(ccc(-c4ccccc4)c3c1OC1OC(COC(=O)CC(=O)O)C(O)C(O)C1O)C(=O)OC2. The number of hydrogen-bond donors (Lipinski definition) is 4. The van der Waals surface area contributed by atoms with Gasteiger partial charge in [-0.1, -0.05) is 36.4 Å². The summed E-state index contributed by atoms with van der Waals surface area (Å²) in [7, 11) is 1.41. The van der Waals surface area contributed by atoms with Crippen LogP contribution in [0.3, 0.4) is 0 Å². The smallest absolute Gasteiger partial charge is 0.339 e. The number of rotatable bonds is 8. The quantitative estimate of drug-likeness (QED) is 0.233. The van der Waals surface area contributed by atoms with Crippen molar-refractivity contribution in [3.05, 3.63) is 59.7 Å². The van der Waals surface area contributed by atoms with Crippen molar-refractivity contribution in [3.63, 3.8) is 0 Å². The average molecular weight is 555 g/mol. The first-order chi connectivity index (χ1) is 19.2. The van der Waals surface area contributed by atoms with Crippen molar-refractivity contribution >= 4 is 28.7 Å². The lowest BCUT2D eigenvalue weighted by atomic mass is 9.90. The molecule has 5 unspecified atom stereocenters. The molecule has 0 aliphatic carbocycles. The van der Waals surface area contributed by atoms with Gasteiger partial charge in [0.1, 0.15) is 44.1 Å². The van der Waals surface area contributed by atoms with E-state index in [-0.39, 0.29) is 18.1 Å². The molecule has 3 aromatic rings. The lowest BCUT2D eigenvalue weighted by molar-refractivity contribution is -0.278. The number of esters is 2. The average Bonchev–Trinajstić information content (AvgIpc) is 2.95. The number of carbonyl (C=O) groups is 3. The highest BCUT2D eigenvalue weighted by Crippen LogP contribution is 2.47. The van der Waals surface area contributed by atoms with Gasteiger partial charge in [0.15, 0.2) is 11.5 Å². The number of aliphatic carboxylic acids is 1. The first kappa shape index (κ1) is 27.3. The number of carboxylic acids is 1. The zero-order valence-corrected chi connectivity index (χ0v) is 21.2. The molecule has 1 saturated heterocycles. The summed E-state index contributed by atoms with van der Waals surface area (Å²) in [6.07, 6.45) is -9.06. The van der Waals surface area contributed by atoms with Crippen LogP contribution in [-0.2, 0) is 30.4 Å². The second kappa shape index (κ2) is 11.1. The van der Waals surface area contributed by atoms with Crippen LogP contribution in [0.1, 0.15) is 22.3 Å². The van der Waals surface area contributed by atoms with Crippen LogP contribution < -0.4 is 9.47 Å². The van der Waals surface area contributed by atoms with Crippen molar-refractivity contribution in [1.82, 2.24) is 0 Å². The predicted octanol–water partition coefficient (Wildman–Crippen LogP) is 1.39. The van der Waals surface area contributed by atoms with Crippen LogP contribution in [0.2, 0.25) is 0 Å². The molecule has 5 atom stereocenters. The van der Waals surface area contributed by atoms with Crippen LogP contribution >= 0.6 is 0 Å². The molecular weight excluding hydrogens is 528 g/mol. The molecule has 3 aromatic carbocycles. The molecule has 0 saturated carbocycles. The number of aliphatic hydroxyl groups excluding tert-OH is 3. The molecule has 2 heterocycles. The molecule has 0 aromatic heterocycles. The summed E-state index contributed by atoms with van der Waals surface area (Å²) in [6, 6.07) is 14.3. The number of ether oxygens (including phenoxy) is 5. The highest BCUT2D eigenvalue weighted by Gasteiger charge is 2.46. The van der Waals surface area contributed by atoms with Gasteiger partial charge in [0.2, 0.25) is 6.29 Å². The van der Waals surface area contributed by atoms with Crippen LogP contribution in [-0.4, -0.2) is 82.8 Å². The van der Waals surface area contributed by atoms with Gasteiger partial charge in [0.05, 0.1) is 12.7 Å². The van der Waals surface area contributed by atoms with E-state index in [2.05, 4.69) is 0 Å². The molecule has 40 heavy (non-hydrogen) atoms. The third-order valence-electron chi connectivity index (χ3n) is 6.77. The first-order valence-corrected chi connectivity index (χ1v) is 12.3. The number of hydrogen-bond acceptors (Lipinski definition) is 11. The molecule has 4 N–H and O–H groups in total. The van der Waals surface area contributed by atoms with E-state index in [9.17, 15) is 29.7 Å². The molecule has 12 nitrogen and oxygen atoms in total. The minimum Gasteiger partial charge on any atom is -0.493 e. The molecule has 210 valence electrons. The Bertz CT molecular complexity index is 1450. The van der Waals surface area contributed by atoms with Gasteiger partial charge in [0, 0.05) is 16.3 Å². The topological polar surface area (TPSA) is 178 Å². The number of carbonyl (C=O) groups excluding carboxylic acids is 2. The summed E-state index contributed by atoms with van der Waals surface area (Å²) >= 11 is 0. The second-order valence-corrected chi connectivity index (χ2v) is 9.31. The first-order valence-electron chi connectivity index (χ1n) is 12.3. The highest BCUT2D eigenvalue weighted by atomic mass is 16.7. The maximum absolute atomic E-state index is 12.6. The summed E-state index contributed by atoms with van der Waals surface area (Å²) in [6.45, 7) is -0.618. The Morgan fingerprint density at radius 3 is 2.40 bits per heavy atom. The van der Waals surface area contributed by atoms with Gasteiger partial charge in [-0.25, -0.2) is 4.79 Å². The molecule has 0 radical (unpaired) electrons. The van der Waals surface area contributed by atoms with Crippen molar-refractivity contribution in [3.8, 4) is 22.6 Å². The van der Waals surface area contributed by atoms with Crippen LogP contribution in [0.15, 0.2) is 48.5 Å². The van der Waals surface area contributed by atoms with Gasteiger partial charge in [-0.3, -0.25) is 9.59 Å². The Balaban J connectivity index is 1.58.